The number of nitrogens with zero attached hydrogens (tertiary/aromatic N) is 3. The van der Waals surface area contributed by atoms with E-state index >= 15 is 0 Å². The number of carbonyl (C=O) groups is 3. The smallest absolute Gasteiger partial charge is 0.410 e. The highest BCUT2D eigenvalue weighted by Crippen LogP contribution is 2.16. The van der Waals surface area contributed by atoms with Gasteiger partial charge in [-0.1, -0.05) is 259 Å². The normalized spacial score (nSPS) is 11.6. The zero-order valence-corrected chi connectivity index (χ0v) is 47.8. The molecule has 0 unspecified atom stereocenters. The van der Waals surface area contributed by atoms with Gasteiger partial charge in [-0.25, -0.2) is 4.79 Å². The summed E-state index contributed by atoms with van der Waals surface area (Å²) in [6.45, 7) is 20.5. The lowest BCUT2D eigenvalue weighted by molar-refractivity contribution is -0.142. The second-order valence-electron chi connectivity index (χ2n) is 21.7. The van der Waals surface area contributed by atoms with Crippen molar-refractivity contribution in [1.82, 2.24) is 14.7 Å². The summed E-state index contributed by atoms with van der Waals surface area (Å²) in [4.78, 5) is 41.7. The monoisotopic (exact) mass is 980 g/mol. The number of unbranched alkanes of at least 4 members (excludes halogenated alkanes) is 36. The van der Waals surface area contributed by atoms with E-state index in [0.29, 0.717) is 6.54 Å². The Hall–Kier alpha value is -1.87. The number of aliphatic carboxylic acids is 1. The van der Waals surface area contributed by atoms with Crippen LogP contribution in [0, 0.1) is 0 Å². The molecule has 0 radical (unpaired) electrons. The molecule has 0 aliphatic heterocycles. The quantitative estimate of drug-likeness (QED) is 0.0475. The predicted octanol–water partition coefficient (Wildman–Crippen LogP) is 17.8. The van der Waals surface area contributed by atoms with Crippen LogP contribution in [0.2, 0.25) is 0 Å². The van der Waals surface area contributed by atoms with E-state index in [1.165, 1.54) is 263 Å². The van der Waals surface area contributed by atoms with Gasteiger partial charge < -0.3 is 19.5 Å². The van der Waals surface area contributed by atoms with Crippen LogP contribution in [0.1, 0.15) is 305 Å². The molecule has 0 atom stereocenters. The number of carbonyl (C=O) groups excluding carboxylic acids is 2. The van der Waals surface area contributed by atoms with Crippen molar-refractivity contribution in [2.24, 2.45) is 0 Å². The maximum atomic E-state index is 12.2. The Morgan fingerprint density at radius 2 is 0.623 bits per heavy atom. The Labute approximate surface area is 430 Å². The van der Waals surface area contributed by atoms with Crippen molar-refractivity contribution in [3.05, 3.63) is 0 Å². The summed E-state index contributed by atoms with van der Waals surface area (Å²) in [5.41, 5.74) is -0.566. The van der Waals surface area contributed by atoms with Crippen LogP contribution in [0.15, 0.2) is 0 Å². The zero-order chi connectivity index (χ0) is 51.3. The Balaban J connectivity index is 0. The first kappa shape index (κ1) is 69.2. The third-order valence-electron chi connectivity index (χ3n) is 13.6. The fourth-order valence-electron chi connectivity index (χ4n) is 9.12. The number of methoxy groups -OCH3 is 1. The molecular formula is C60H121N3O6. The van der Waals surface area contributed by atoms with Crippen molar-refractivity contribution in [2.45, 2.75) is 311 Å². The van der Waals surface area contributed by atoms with Crippen LogP contribution in [0.25, 0.3) is 0 Å². The van der Waals surface area contributed by atoms with E-state index in [0.717, 1.165) is 38.9 Å². The van der Waals surface area contributed by atoms with Crippen LogP contribution in [-0.4, -0.2) is 103 Å². The average molecular weight is 981 g/mol. The number of carboxylic acid groups (broad SMARTS) is 1. The Morgan fingerprint density at radius 1 is 0.362 bits per heavy atom. The zero-order valence-electron chi connectivity index (χ0n) is 47.8. The second-order valence-corrected chi connectivity index (χ2v) is 21.7. The molecular weight excluding hydrogens is 859 g/mol. The molecule has 0 bridgehead atoms. The molecule has 9 heteroatoms. The molecule has 1 amide bonds. The number of esters is 1. The van der Waals surface area contributed by atoms with Crippen molar-refractivity contribution in [1.29, 1.82) is 0 Å². The maximum Gasteiger partial charge on any atom is 0.410 e. The SMILES string of the molecule is CCCCCCCCCCCCN(CC(=O)OC)C(=O)OC(C)(C)C.CCCCCCCCCCCCN(CCCCCCCCCCCC)CCN(CCCCCCCCCCCC)CC(=O)O. The lowest BCUT2D eigenvalue weighted by atomic mass is 10.1. The summed E-state index contributed by atoms with van der Waals surface area (Å²) in [7, 11) is 1.33. The first-order valence-electron chi connectivity index (χ1n) is 30.1. The molecule has 412 valence electrons. The van der Waals surface area contributed by atoms with Crippen molar-refractivity contribution in [2.75, 3.05) is 59.5 Å². The Kier molecular flexibility index (Phi) is 54.1. The van der Waals surface area contributed by atoms with Gasteiger partial charge in [-0.15, -0.1) is 0 Å². The van der Waals surface area contributed by atoms with Gasteiger partial charge in [-0.2, -0.15) is 0 Å². The fourth-order valence-corrected chi connectivity index (χ4v) is 9.12. The molecule has 0 heterocycles. The molecule has 9 nitrogen and oxygen atoms in total. The maximum absolute atomic E-state index is 12.2. The van der Waals surface area contributed by atoms with Gasteiger partial charge >= 0.3 is 18.0 Å². The summed E-state index contributed by atoms with van der Waals surface area (Å²) in [5, 5.41) is 9.56. The largest absolute Gasteiger partial charge is 0.480 e. The molecule has 0 saturated heterocycles. The molecule has 0 aromatic heterocycles. The summed E-state index contributed by atoms with van der Waals surface area (Å²) < 4.78 is 10.0. The van der Waals surface area contributed by atoms with Crippen molar-refractivity contribution in [3.8, 4) is 0 Å². The fraction of sp³-hybridized carbons (Fsp3) is 0.950. The van der Waals surface area contributed by atoms with Crippen LogP contribution in [0.4, 0.5) is 4.79 Å². The first-order chi connectivity index (χ1) is 33.4. The van der Waals surface area contributed by atoms with E-state index in [9.17, 15) is 19.5 Å². The number of rotatable bonds is 51. The van der Waals surface area contributed by atoms with Crippen molar-refractivity contribution in [3.63, 3.8) is 0 Å². The van der Waals surface area contributed by atoms with Gasteiger partial charge in [0.05, 0.1) is 13.7 Å². The molecule has 0 aliphatic carbocycles. The minimum absolute atomic E-state index is 0.0527. The minimum Gasteiger partial charge on any atom is -0.480 e. The number of carboxylic acids is 1. The molecule has 0 fully saturated rings. The molecule has 0 aliphatic rings. The Morgan fingerprint density at radius 3 is 0.899 bits per heavy atom. The molecule has 0 rings (SSSR count). The number of amides is 1. The van der Waals surface area contributed by atoms with Crippen molar-refractivity contribution < 1.29 is 29.0 Å². The third-order valence-corrected chi connectivity index (χ3v) is 13.6. The van der Waals surface area contributed by atoms with E-state index in [-0.39, 0.29) is 13.1 Å². The molecule has 0 aromatic carbocycles. The third kappa shape index (κ3) is 55.3. The lowest BCUT2D eigenvalue weighted by Crippen LogP contribution is -2.40. The first-order valence-corrected chi connectivity index (χ1v) is 30.1. The van der Waals surface area contributed by atoms with Gasteiger partial charge in [0.15, 0.2) is 0 Å². The molecule has 1 N–H and O–H groups in total. The van der Waals surface area contributed by atoms with E-state index < -0.39 is 23.6 Å². The van der Waals surface area contributed by atoms with Gasteiger partial charge in [0.1, 0.15) is 12.1 Å². The van der Waals surface area contributed by atoms with Gasteiger partial charge in [0, 0.05) is 19.6 Å². The summed E-state index contributed by atoms with van der Waals surface area (Å²) in [5.74, 6) is -1.09. The highest BCUT2D eigenvalue weighted by Gasteiger charge is 2.24. The second kappa shape index (κ2) is 53.9. The Bertz CT molecular complexity index is 1060. The number of hydrogen-bond acceptors (Lipinski definition) is 7. The van der Waals surface area contributed by atoms with Crippen LogP contribution in [0.3, 0.4) is 0 Å². The summed E-state index contributed by atoms with van der Waals surface area (Å²) in [6, 6.07) is 0. The van der Waals surface area contributed by atoms with E-state index in [1.54, 1.807) is 0 Å². The standard InChI is InChI=1S/C40H82N2O2.C20H39NO4/c1-4-7-10-13-16-19-22-25-28-31-34-41(35-32-29-26-23-20-17-14-11-8-5-2)37-38-42(39-40(43)44)36-33-30-27-24-21-18-15-12-9-6-3;1-6-7-8-9-10-11-12-13-14-15-16-21(17-18(22)24-5)19(23)25-20(2,3)4/h4-39H2,1-3H3,(H,43,44);6-17H2,1-5H3. The molecule has 69 heavy (non-hydrogen) atoms. The molecule has 0 aromatic rings. The lowest BCUT2D eigenvalue weighted by Gasteiger charge is -2.27. The summed E-state index contributed by atoms with van der Waals surface area (Å²) >= 11 is 0. The average Bonchev–Trinajstić information content (AvgIpc) is 3.31. The highest BCUT2D eigenvalue weighted by molar-refractivity contribution is 5.78. The van der Waals surface area contributed by atoms with Crippen LogP contribution >= 0.6 is 0 Å². The topological polar surface area (TPSA) is 99.6 Å². The van der Waals surface area contributed by atoms with Gasteiger partial charge in [-0.3, -0.25) is 19.4 Å². The van der Waals surface area contributed by atoms with E-state index in [1.807, 2.05) is 20.8 Å². The van der Waals surface area contributed by atoms with Gasteiger partial charge in [0.25, 0.3) is 0 Å². The van der Waals surface area contributed by atoms with Crippen LogP contribution in [-0.2, 0) is 19.1 Å². The highest BCUT2D eigenvalue weighted by atomic mass is 16.6. The minimum atomic E-state index is -0.673. The molecule has 0 spiro atoms. The predicted molar refractivity (Wildman–Crippen MR) is 298 cm³/mol. The van der Waals surface area contributed by atoms with Gasteiger partial charge in [-0.05, 0) is 66.1 Å². The van der Waals surface area contributed by atoms with E-state index in [4.69, 9.17) is 4.74 Å². The van der Waals surface area contributed by atoms with Crippen molar-refractivity contribution >= 4 is 18.0 Å². The van der Waals surface area contributed by atoms with Crippen LogP contribution in [0.5, 0.6) is 0 Å². The van der Waals surface area contributed by atoms with Gasteiger partial charge in [0.2, 0.25) is 0 Å². The summed E-state index contributed by atoms with van der Waals surface area (Å²) in [6.07, 6.45) is 52.8. The molecule has 0 saturated carbocycles. The number of ether oxygens (including phenoxy) is 2. The number of hydrogen-bond donors (Lipinski definition) is 1. The van der Waals surface area contributed by atoms with E-state index in [2.05, 4.69) is 42.2 Å². The van der Waals surface area contributed by atoms with Crippen LogP contribution < -0.4 is 0 Å².